The van der Waals surface area contributed by atoms with Crippen LogP contribution in [-0.2, 0) is 23.6 Å². The van der Waals surface area contributed by atoms with E-state index in [1.54, 1.807) is 22.7 Å². The lowest BCUT2D eigenvalue weighted by Crippen LogP contribution is -2.20. The van der Waals surface area contributed by atoms with Gasteiger partial charge in [0.1, 0.15) is 12.2 Å². The summed E-state index contributed by atoms with van der Waals surface area (Å²) in [6, 6.07) is 12.4. The lowest BCUT2D eigenvalue weighted by Gasteiger charge is -2.18. The average molecular weight is 531 g/mol. The summed E-state index contributed by atoms with van der Waals surface area (Å²) in [6.07, 6.45) is 3.59. The van der Waals surface area contributed by atoms with Crippen molar-refractivity contribution >= 4 is 22.7 Å². The SMILES string of the molecule is CN(C)CCOC(c1cccs1)c1ccnn1C.CN(C)CCOC(c1cccs1)c1ccnn1C. The van der Waals surface area contributed by atoms with Crippen LogP contribution in [0.2, 0.25) is 0 Å². The first-order valence-corrected chi connectivity index (χ1v) is 13.7. The second-order valence-corrected chi connectivity index (χ2v) is 10.9. The summed E-state index contributed by atoms with van der Waals surface area (Å²) in [6.45, 7) is 3.25. The van der Waals surface area contributed by atoms with E-state index < -0.39 is 0 Å². The highest BCUT2D eigenvalue weighted by Gasteiger charge is 2.20. The number of hydrogen-bond donors (Lipinski definition) is 0. The Morgan fingerprint density at radius 3 is 1.42 bits per heavy atom. The molecule has 0 fully saturated rings. The molecule has 36 heavy (non-hydrogen) atoms. The van der Waals surface area contributed by atoms with Crippen LogP contribution in [0, 0.1) is 0 Å². The number of rotatable bonds is 12. The maximum absolute atomic E-state index is 6.03. The van der Waals surface area contributed by atoms with Crippen LogP contribution in [0.4, 0.5) is 0 Å². The van der Waals surface area contributed by atoms with Gasteiger partial charge in [-0.2, -0.15) is 10.2 Å². The molecule has 0 aliphatic rings. The molecule has 4 aromatic heterocycles. The minimum atomic E-state index is -0.0163. The molecule has 4 aromatic rings. The van der Waals surface area contributed by atoms with Crippen molar-refractivity contribution in [3.63, 3.8) is 0 Å². The third-order valence-electron chi connectivity index (χ3n) is 5.50. The van der Waals surface area contributed by atoms with E-state index in [4.69, 9.17) is 9.47 Å². The summed E-state index contributed by atoms with van der Waals surface area (Å²) in [5.74, 6) is 0. The minimum absolute atomic E-state index is 0.0163. The van der Waals surface area contributed by atoms with Crippen molar-refractivity contribution in [2.24, 2.45) is 14.1 Å². The van der Waals surface area contributed by atoms with E-state index in [9.17, 15) is 0 Å². The van der Waals surface area contributed by atoms with Crippen molar-refractivity contribution in [2.45, 2.75) is 12.2 Å². The van der Waals surface area contributed by atoms with Gasteiger partial charge >= 0.3 is 0 Å². The largest absolute Gasteiger partial charge is 0.365 e. The monoisotopic (exact) mass is 530 g/mol. The molecule has 2 unspecified atom stereocenters. The highest BCUT2D eigenvalue weighted by molar-refractivity contribution is 7.10. The van der Waals surface area contributed by atoms with E-state index in [1.807, 2.05) is 76.2 Å². The van der Waals surface area contributed by atoms with Crippen LogP contribution in [0.25, 0.3) is 0 Å². The third-order valence-corrected chi connectivity index (χ3v) is 7.34. The summed E-state index contributed by atoms with van der Waals surface area (Å²) >= 11 is 3.43. The first-order chi connectivity index (χ1) is 17.4. The van der Waals surface area contributed by atoms with Gasteiger partial charge < -0.3 is 19.3 Å². The van der Waals surface area contributed by atoms with Crippen LogP contribution in [0.15, 0.2) is 59.6 Å². The molecule has 2 atom stereocenters. The maximum atomic E-state index is 6.03. The fourth-order valence-electron chi connectivity index (χ4n) is 3.50. The number of ether oxygens (including phenoxy) is 2. The lowest BCUT2D eigenvalue weighted by atomic mass is 10.2. The van der Waals surface area contributed by atoms with Crippen LogP contribution in [0.3, 0.4) is 0 Å². The van der Waals surface area contributed by atoms with E-state index >= 15 is 0 Å². The first-order valence-electron chi connectivity index (χ1n) is 11.9. The lowest BCUT2D eigenvalue weighted by molar-refractivity contribution is 0.0659. The Kier molecular flexibility index (Phi) is 11.3. The Balaban J connectivity index is 0.000000201. The van der Waals surface area contributed by atoms with Gasteiger partial charge in [0.25, 0.3) is 0 Å². The van der Waals surface area contributed by atoms with Crippen LogP contribution in [0.5, 0.6) is 0 Å². The van der Waals surface area contributed by atoms with E-state index in [-0.39, 0.29) is 12.2 Å². The molecule has 0 aliphatic heterocycles. The van der Waals surface area contributed by atoms with Crippen molar-refractivity contribution in [1.82, 2.24) is 29.4 Å². The molecule has 0 saturated heterocycles. The second-order valence-electron chi connectivity index (χ2n) is 8.90. The number of likely N-dealkylation sites (N-methyl/N-ethyl adjacent to an activating group) is 2. The zero-order chi connectivity index (χ0) is 25.9. The van der Waals surface area contributed by atoms with Crippen LogP contribution in [0.1, 0.15) is 33.4 Å². The zero-order valence-electron chi connectivity index (χ0n) is 22.1. The average Bonchev–Trinajstić information content (AvgIpc) is 3.64. The quantitative estimate of drug-likeness (QED) is 0.272. The fraction of sp³-hybridized carbons (Fsp3) is 0.462. The van der Waals surface area contributed by atoms with Gasteiger partial charge in [-0.3, -0.25) is 9.36 Å². The number of hydrogen-bond acceptors (Lipinski definition) is 8. The predicted molar refractivity (Wildman–Crippen MR) is 148 cm³/mol. The number of nitrogens with zero attached hydrogens (tertiary/aromatic N) is 6. The van der Waals surface area contributed by atoms with Gasteiger partial charge in [-0.25, -0.2) is 0 Å². The van der Waals surface area contributed by atoms with E-state index in [2.05, 4.69) is 55.0 Å². The molecular weight excluding hydrogens is 492 g/mol. The molecule has 0 spiro atoms. The summed E-state index contributed by atoms with van der Waals surface area (Å²) in [5.41, 5.74) is 2.19. The molecule has 0 bridgehead atoms. The summed E-state index contributed by atoms with van der Waals surface area (Å²) in [4.78, 5) is 6.68. The van der Waals surface area contributed by atoms with Gasteiger partial charge in [-0.05, 0) is 63.2 Å². The highest BCUT2D eigenvalue weighted by Crippen LogP contribution is 2.30. The molecule has 4 heterocycles. The molecule has 0 radical (unpaired) electrons. The molecule has 0 aliphatic carbocycles. The number of aryl methyl sites for hydroxylation is 2. The molecule has 0 N–H and O–H groups in total. The Labute approximate surface area is 222 Å². The molecule has 10 heteroatoms. The fourth-order valence-corrected chi connectivity index (χ4v) is 5.06. The molecule has 8 nitrogen and oxygen atoms in total. The van der Waals surface area contributed by atoms with Crippen LogP contribution < -0.4 is 0 Å². The van der Waals surface area contributed by atoms with Crippen LogP contribution in [-0.4, -0.2) is 83.9 Å². The summed E-state index contributed by atoms with van der Waals surface area (Å²) in [5, 5.41) is 12.6. The van der Waals surface area contributed by atoms with Gasteiger partial charge in [-0.15, -0.1) is 22.7 Å². The van der Waals surface area contributed by atoms with Crippen molar-refractivity contribution in [3.8, 4) is 0 Å². The molecule has 0 amide bonds. The van der Waals surface area contributed by atoms with Gasteiger partial charge in [0, 0.05) is 49.3 Å². The Morgan fingerprint density at radius 2 is 1.14 bits per heavy atom. The second kappa shape index (κ2) is 14.4. The van der Waals surface area contributed by atoms with E-state index in [0.29, 0.717) is 13.2 Å². The Morgan fingerprint density at radius 1 is 0.722 bits per heavy atom. The molecule has 0 saturated carbocycles. The Bertz CT molecular complexity index is 1020. The van der Waals surface area contributed by atoms with E-state index in [0.717, 1.165) is 24.5 Å². The van der Waals surface area contributed by atoms with Crippen molar-refractivity contribution in [1.29, 1.82) is 0 Å². The standard InChI is InChI=1S/2C13H19N3OS/c2*1-15(2)8-9-17-13(12-5-4-10-18-12)11-6-7-14-16(11)3/h2*4-7,10,13H,8-9H2,1-3H3. The minimum Gasteiger partial charge on any atom is -0.365 e. The molecule has 196 valence electrons. The van der Waals surface area contributed by atoms with Crippen molar-refractivity contribution in [2.75, 3.05) is 54.5 Å². The molecular formula is C26H38N6O2S2. The molecule has 0 aromatic carbocycles. The maximum Gasteiger partial charge on any atom is 0.133 e. The van der Waals surface area contributed by atoms with Crippen LogP contribution >= 0.6 is 22.7 Å². The van der Waals surface area contributed by atoms with E-state index in [1.165, 1.54) is 9.75 Å². The van der Waals surface area contributed by atoms with Gasteiger partial charge in [0.05, 0.1) is 24.6 Å². The normalized spacial score (nSPS) is 13.1. The number of aromatic nitrogens is 4. The number of thiophene rings is 2. The smallest absolute Gasteiger partial charge is 0.133 e. The summed E-state index contributed by atoms with van der Waals surface area (Å²) in [7, 11) is 12.1. The topological polar surface area (TPSA) is 60.6 Å². The predicted octanol–water partition coefficient (Wildman–Crippen LogP) is 4.30. The Hall–Kier alpha value is -2.34. The highest BCUT2D eigenvalue weighted by atomic mass is 32.1. The zero-order valence-corrected chi connectivity index (χ0v) is 23.7. The van der Waals surface area contributed by atoms with Crippen molar-refractivity contribution < 1.29 is 9.47 Å². The van der Waals surface area contributed by atoms with Gasteiger partial charge in [-0.1, -0.05) is 12.1 Å². The van der Waals surface area contributed by atoms with Crippen molar-refractivity contribution in [3.05, 3.63) is 80.7 Å². The van der Waals surface area contributed by atoms with Gasteiger partial charge in [0.15, 0.2) is 0 Å². The first kappa shape index (κ1) is 28.2. The molecule has 4 rings (SSSR count). The summed E-state index contributed by atoms with van der Waals surface area (Å²) < 4.78 is 15.8. The third kappa shape index (κ3) is 8.36. The van der Waals surface area contributed by atoms with Gasteiger partial charge in [0.2, 0.25) is 0 Å².